The second-order valence-corrected chi connectivity index (χ2v) is 3.65. The predicted octanol–water partition coefficient (Wildman–Crippen LogP) is 1.12. The Kier molecular flexibility index (Phi) is 3.26. The standard InChI is InChI=1S/C10H12N4O.ClH/c1-2-8-9(12-4-1)14-10(13-8)15-7-3-5-11-6-7;/h1-2,4,7,11H,3,5-6H2,(H,12,13,14);1H/t7-;/m0./s1. The molecule has 1 saturated heterocycles. The summed E-state index contributed by atoms with van der Waals surface area (Å²) in [6, 6.07) is 4.38. The Bertz CT molecular complexity index is 434. The molecule has 0 saturated carbocycles. The Hall–Kier alpha value is -1.33. The highest BCUT2D eigenvalue weighted by Gasteiger charge is 2.17. The molecule has 3 rings (SSSR count). The van der Waals surface area contributed by atoms with Crippen LogP contribution in [0.2, 0.25) is 0 Å². The van der Waals surface area contributed by atoms with Gasteiger partial charge in [-0.15, -0.1) is 12.4 Å². The molecule has 2 aromatic rings. The Labute approximate surface area is 99.0 Å². The molecule has 1 fully saturated rings. The zero-order valence-electron chi connectivity index (χ0n) is 8.64. The van der Waals surface area contributed by atoms with Crippen molar-refractivity contribution in [1.82, 2.24) is 20.3 Å². The van der Waals surface area contributed by atoms with Gasteiger partial charge in [0.05, 0.1) is 5.52 Å². The first kappa shape index (κ1) is 11.2. The smallest absolute Gasteiger partial charge is 0.296 e. The van der Waals surface area contributed by atoms with E-state index in [4.69, 9.17) is 4.74 Å². The van der Waals surface area contributed by atoms with Crippen LogP contribution in [-0.2, 0) is 0 Å². The lowest BCUT2D eigenvalue weighted by molar-refractivity contribution is 0.207. The van der Waals surface area contributed by atoms with Gasteiger partial charge in [-0.25, -0.2) is 4.98 Å². The quantitative estimate of drug-likeness (QED) is 0.826. The van der Waals surface area contributed by atoms with Gasteiger partial charge in [0.2, 0.25) is 0 Å². The van der Waals surface area contributed by atoms with Crippen molar-refractivity contribution in [3.05, 3.63) is 18.3 Å². The molecule has 3 heterocycles. The van der Waals surface area contributed by atoms with Crippen molar-refractivity contribution in [2.45, 2.75) is 12.5 Å². The molecular formula is C10H13ClN4O. The largest absolute Gasteiger partial charge is 0.460 e. The van der Waals surface area contributed by atoms with Gasteiger partial charge in [0, 0.05) is 12.7 Å². The Morgan fingerprint density at radius 2 is 2.38 bits per heavy atom. The topological polar surface area (TPSA) is 62.8 Å². The molecule has 0 aliphatic carbocycles. The summed E-state index contributed by atoms with van der Waals surface area (Å²) in [6.07, 6.45) is 2.99. The first-order chi connectivity index (χ1) is 7.42. The van der Waals surface area contributed by atoms with Crippen LogP contribution < -0.4 is 10.1 Å². The summed E-state index contributed by atoms with van der Waals surface area (Å²) < 4.78 is 5.69. The zero-order chi connectivity index (χ0) is 10.1. The van der Waals surface area contributed by atoms with Gasteiger partial charge in [0.15, 0.2) is 5.65 Å². The maximum Gasteiger partial charge on any atom is 0.296 e. The van der Waals surface area contributed by atoms with Gasteiger partial charge >= 0.3 is 0 Å². The minimum absolute atomic E-state index is 0. The van der Waals surface area contributed by atoms with Gasteiger partial charge in [-0.1, -0.05) is 0 Å². The average Bonchev–Trinajstić information content (AvgIpc) is 2.86. The fourth-order valence-electron chi connectivity index (χ4n) is 1.77. The van der Waals surface area contributed by atoms with Crippen molar-refractivity contribution in [1.29, 1.82) is 0 Å². The molecule has 0 aromatic carbocycles. The van der Waals surface area contributed by atoms with E-state index in [0.29, 0.717) is 11.7 Å². The summed E-state index contributed by atoms with van der Waals surface area (Å²) in [7, 11) is 0. The van der Waals surface area contributed by atoms with Crippen LogP contribution in [-0.4, -0.2) is 34.1 Å². The van der Waals surface area contributed by atoms with Gasteiger partial charge < -0.3 is 15.0 Å². The van der Waals surface area contributed by atoms with Crippen LogP contribution in [0.3, 0.4) is 0 Å². The Balaban J connectivity index is 0.000000963. The van der Waals surface area contributed by atoms with Crippen molar-refractivity contribution >= 4 is 23.6 Å². The number of hydrogen-bond donors (Lipinski definition) is 2. The molecule has 16 heavy (non-hydrogen) atoms. The summed E-state index contributed by atoms with van der Waals surface area (Å²) in [5.41, 5.74) is 1.62. The van der Waals surface area contributed by atoms with E-state index in [9.17, 15) is 0 Å². The molecule has 0 unspecified atom stereocenters. The molecule has 2 N–H and O–H groups in total. The number of ether oxygens (including phenoxy) is 1. The molecule has 0 amide bonds. The zero-order valence-corrected chi connectivity index (χ0v) is 9.46. The summed E-state index contributed by atoms with van der Waals surface area (Å²) in [6.45, 7) is 1.91. The lowest BCUT2D eigenvalue weighted by Crippen LogP contribution is -2.20. The van der Waals surface area contributed by atoms with Crippen molar-refractivity contribution in [3.63, 3.8) is 0 Å². The third-order valence-corrected chi connectivity index (χ3v) is 2.53. The van der Waals surface area contributed by atoms with Crippen LogP contribution in [0.25, 0.3) is 11.2 Å². The normalized spacial score (nSPS) is 19.6. The molecule has 0 spiro atoms. The maximum absolute atomic E-state index is 5.69. The number of hydrogen-bond acceptors (Lipinski definition) is 4. The fourth-order valence-corrected chi connectivity index (χ4v) is 1.77. The van der Waals surface area contributed by atoms with Crippen LogP contribution in [0, 0.1) is 0 Å². The molecule has 2 aromatic heterocycles. The summed E-state index contributed by atoms with van der Waals surface area (Å²) >= 11 is 0. The molecule has 1 aliphatic rings. The predicted molar refractivity (Wildman–Crippen MR) is 63.0 cm³/mol. The van der Waals surface area contributed by atoms with E-state index < -0.39 is 0 Å². The number of nitrogens with one attached hydrogen (secondary N) is 2. The highest BCUT2D eigenvalue weighted by atomic mass is 35.5. The molecular weight excluding hydrogens is 228 g/mol. The number of H-pyrrole nitrogens is 1. The Morgan fingerprint density at radius 3 is 3.12 bits per heavy atom. The number of imidazole rings is 1. The summed E-state index contributed by atoms with van der Waals surface area (Å²) in [5.74, 6) is 0. The number of rotatable bonds is 2. The first-order valence-corrected chi connectivity index (χ1v) is 5.10. The van der Waals surface area contributed by atoms with Crippen LogP contribution in [0.1, 0.15) is 6.42 Å². The van der Waals surface area contributed by atoms with Crippen LogP contribution in [0.15, 0.2) is 18.3 Å². The van der Waals surface area contributed by atoms with Crippen LogP contribution in [0.4, 0.5) is 0 Å². The van der Waals surface area contributed by atoms with Gasteiger partial charge in [-0.05, 0) is 25.1 Å². The number of aromatic nitrogens is 3. The second kappa shape index (κ2) is 4.67. The highest BCUT2D eigenvalue weighted by molar-refractivity contribution is 5.85. The van der Waals surface area contributed by atoms with Crippen molar-refractivity contribution < 1.29 is 4.74 Å². The average molecular weight is 241 g/mol. The van der Waals surface area contributed by atoms with Gasteiger partial charge in [0.25, 0.3) is 6.01 Å². The third-order valence-electron chi connectivity index (χ3n) is 2.53. The lowest BCUT2D eigenvalue weighted by Gasteiger charge is -2.07. The second-order valence-electron chi connectivity index (χ2n) is 3.65. The number of nitrogens with zero attached hydrogens (tertiary/aromatic N) is 2. The molecule has 5 nitrogen and oxygen atoms in total. The van der Waals surface area contributed by atoms with E-state index in [1.54, 1.807) is 6.20 Å². The van der Waals surface area contributed by atoms with Gasteiger partial charge in [-0.2, -0.15) is 4.98 Å². The van der Waals surface area contributed by atoms with Gasteiger partial charge in [0.1, 0.15) is 6.10 Å². The highest BCUT2D eigenvalue weighted by Crippen LogP contribution is 2.15. The number of fused-ring (bicyclic) bond motifs is 1. The van der Waals surface area contributed by atoms with E-state index in [1.165, 1.54) is 0 Å². The van der Waals surface area contributed by atoms with E-state index in [0.717, 1.165) is 25.0 Å². The number of aromatic amines is 1. The van der Waals surface area contributed by atoms with Crippen molar-refractivity contribution in [3.8, 4) is 6.01 Å². The first-order valence-electron chi connectivity index (χ1n) is 5.10. The minimum Gasteiger partial charge on any atom is -0.460 e. The minimum atomic E-state index is 0. The molecule has 1 aliphatic heterocycles. The summed E-state index contributed by atoms with van der Waals surface area (Å²) in [4.78, 5) is 11.5. The SMILES string of the molecule is Cl.c1cnc2nc(O[C@H]3CCNC3)[nH]c2c1. The monoisotopic (exact) mass is 240 g/mol. The van der Waals surface area contributed by atoms with E-state index >= 15 is 0 Å². The Morgan fingerprint density at radius 1 is 1.44 bits per heavy atom. The van der Waals surface area contributed by atoms with Crippen molar-refractivity contribution in [2.24, 2.45) is 0 Å². The van der Waals surface area contributed by atoms with Crippen molar-refractivity contribution in [2.75, 3.05) is 13.1 Å². The third kappa shape index (κ3) is 2.10. The van der Waals surface area contributed by atoms with E-state index in [-0.39, 0.29) is 18.5 Å². The van der Waals surface area contributed by atoms with E-state index in [1.807, 2.05) is 12.1 Å². The van der Waals surface area contributed by atoms with Crippen LogP contribution in [0.5, 0.6) is 6.01 Å². The molecule has 0 radical (unpaired) electrons. The van der Waals surface area contributed by atoms with Crippen LogP contribution >= 0.6 is 12.4 Å². The summed E-state index contributed by atoms with van der Waals surface area (Å²) in [5, 5.41) is 3.24. The molecule has 6 heteroatoms. The molecule has 0 bridgehead atoms. The molecule has 86 valence electrons. The van der Waals surface area contributed by atoms with Gasteiger partial charge in [-0.3, -0.25) is 0 Å². The number of halogens is 1. The maximum atomic E-state index is 5.69. The fraction of sp³-hybridized carbons (Fsp3) is 0.400. The van der Waals surface area contributed by atoms with E-state index in [2.05, 4.69) is 20.3 Å². The molecule has 1 atom stereocenters. The number of pyridine rings is 1. The lowest BCUT2D eigenvalue weighted by atomic mass is 10.3.